The van der Waals surface area contributed by atoms with Crippen molar-refractivity contribution in [3.63, 3.8) is 0 Å². The normalized spacial score (nSPS) is 52.5. The molecule has 3 rings (SSSR count). The largest absolute Gasteiger partial charge is 0.396 e. The Morgan fingerprint density at radius 3 is 2.62 bits per heavy atom. The van der Waals surface area contributed by atoms with Crippen molar-refractivity contribution in [1.29, 1.82) is 0 Å². The number of aliphatic hydroxyl groups is 3. The first-order chi connectivity index (χ1) is 11.2. The highest BCUT2D eigenvalue weighted by molar-refractivity contribution is 5.14. The van der Waals surface area contributed by atoms with Crippen LogP contribution in [-0.4, -0.2) is 45.3 Å². The van der Waals surface area contributed by atoms with E-state index in [1.807, 2.05) is 13.8 Å². The summed E-state index contributed by atoms with van der Waals surface area (Å²) in [7, 11) is 0. The van der Waals surface area contributed by atoms with Gasteiger partial charge in [0.1, 0.15) is 0 Å². The van der Waals surface area contributed by atoms with Crippen LogP contribution in [0.15, 0.2) is 11.6 Å². The van der Waals surface area contributed by atoms with E-state index < -0.39 is 11.2 Å². The standard InChI is InChI=1S/C20H34O4/c1-12-6-5-8-20(4,23)18-16-14(13(2)11-21)7-9-19(3,22)17(16)15(10-12)24-18/h6,13-18,21-23H,5,7-11H2,1-4H3/b12-6-/t13?,14-,15-,16-,17-,18-,19+,20-/m1/s1. The van der Waals surface area contributed by atoms with Crippen LogP contribution in [-0.2, 0) is 4.74 Å². The SMILES string of the molecule is C/C1=C/CC[C@@](C)(O)[C@@H]2O[C@H](C1)[C@@H]1[C@H]2[C@@H](C(C)CO)CC[C@]1(C)O. The van der Waals surface area contributed by atoms with Gasteiger partial charge >= 0.3 is 0 Å². The molecular formula is C20H34O4. The topological polar surface area (TPSA) is 69.9 Å². The lowest BCUT2D eigenvalue weighted by Gasteiger charge is -2.49. The zero-order valence-corrected chi connectivity index (χ0v) is 15.5. The van der Waals surface area contributed by atoms with E-state index in [0.29, 0.717) is 6.42 Å². The van der Waals surface area contributed by atoms with Crippen LogP contribution in [0.2, 0.25) is 0 Å². The van der Waals surface area contributed by atoms with Crippen molar-refractivity contribution in [2.75, 3.05) is 6.61 Å². The second-order valence-electron chi connectivity index (χ2n) is 9.07. The van der Waals surface area contributed by atoms with Gasteiger partial charge < -0.3 is 20.1 Å². The molecule has 3 N–H and O–H groups in total. The fourth-order valence-electron chi connectivity index (χ4n) is 5.61. The third kappa shape index (κ3) is 3.07. The lowest BCUT2D eigenvalue weighted by molar-refractivity contribution is -0.122. The first kappa shape index (κ1) is 18.4. The third-order valence-corrected chi connectivity index (χ3v) is 6.98. The van der Waals surface area contributed by atoms with Crippen LogP contribution in [0, 0.1) is 23.7 Å². The third-order valence-electron chi connectivity index (χ3n) is 6.98. The quantitative estimate of drug-likeness (QED) is 0.677. The molecule has 0 aromatic rings. The number of fused-ring (bicyclic) bond motifs is 5. The molecular weight excluding hydrogens is 304 g/mol. The molecule has 0 spiro atoms. The highest BCUT2D eigenvalue weighted by atomic mass is 16.5. The molecule has 4 heteroatoms. The number of allylic oxidation sites excluding steroid dienone is 1. The minimum absolute atomic E-state index is 0.0168. The summed E-state index contributed by atoms with van der Waals surface area (Å²) in [6, 6.07) is 0. The number of ether oxygens (including phenoxy) is 1. The van der Waals surface area contributed by atoms with Gasteiger partial charge in [0, 0.05) is 12.5 Å². The van der Waals surface area contributed by atoms with Crippen LogP contribution in [0.25, 0.3) is 0 Å². The number of hydrogen-bond acceptors (Lipinski definition) is 4. The van der Waals surface area contributed by atoms with E-state index in [2.05, 4.69) is 19.9 Å². The fourth-order valence-corrected chi connectivity index (χ4v) is 5.61. The molecule has 0 amide bonds. The minimum Gasteiger partial charge on any atom is -0.396 e. The van der Waals surface area contributed by atoms with Gasteiger partial charge in [0.2, 0.25) is 0 Å². The molecule has 2 aliphatic heterocycles. The highest BCUT2D eigenvalue weighted by Crippen LogP contribution is 2.56. The first-order valence-electron chi connectivity index (χ1n) is 9.54. The molecule has 2 heterocycles. The van der Waals surface area contributed by atoms with Gasteiger partial charge in [-0.15, -0.1) is 0 Å². The van der Waals surface area contributed by atoms with Gasteiger partial charge in [-0.2, -0.15) is 0 Å². The molecule has 1 aliphatic carbocycles. The summed E-state index contributed by atoms with van der Waals surface area (Å²) < 4.78 is 6.44. The summed E-state index contributed by atoms with van der Waals surface area (Å²) in [5.41, 5.74) is -0.393. The van der Waals surface area contributed by atoms with E-state index >= 15 is 0 Å². The van der Waals surface area contributed by atoms with Crippen molar-refractivity contribution in [2.24, 2.45) is 23.7 Å². The van der Waals surface area contributed by atoms with Crippen molar-refractivity contribution < 1.29 is 20.1 Å². The van der Waals surface area contributed by atoms with Crippen molar-refractivity contribution in [2.45, 2.75) is 83.2 Å². The molecule has 0 aromatic heterocycles. The van der Waals surface area contributed by atoms with Crippen LogP contribution < -0.4 is 0 Å². The highest BCUT2D eigenvalue weighted by Gasteiger charge is 2.61. The first-order valence-corrected chi connectivity index (χ1v) is 9.54. The zero-order valence-electron chi connectivity index (χ0n) is 15.5. The lowest BCUT2D eigenvalue weighted by Crippen LogP contribution is -2.54. The number of rotatable bonds is 2. The van der Waals surface area contributed by atoms with Crippen molar-refractivity contribution in [3.05, 3.63) is 11.6 Å². The monoisotopic (exact) mass is 338 g/mol. The Hall–Kier alpha value is -0.420. The molecule has 1 saturated carbocycles. The molecule has 1 saturated heterocycles. The van der Waals surface area contributed by atoms with Crippen LogP contribution in [0.1, 0.15) is 59.8 Å². The summed E-state index contributed by atoms with van der Waals surface area (Å²) >= 11 is 0. The predicted octanol–water partition coefficient (Wildman–Crippen LogP) is 2.66. The maximum atomic E-state index is 11.2. The van der Waals surface area contributed by atoms with Crippen LogP contribution >= 0.6 is 0 Å². The maximum Gasteiger partial charge on any atom is 0.0898 e. The lowest BCUT2D eigenvalue weighted by atomic mass is 9.57. The Morgan fingerprint density at radius 1 is 1.25 bits per heavy atom. The molecule has 2 bridgehead atoms. The molecule has 24 heavy (non-hydrogen) atoms. The molecule has 3 aliphatic rings. The van der Waals surface area contributed by atoms with E-state index in [9.17, 15) is 15.3 Å². The van der Waals surface area contributed by atoms with Crippen molar-refractivity contribution >= 4 is 0 Å². The molecule has 4 nitrogen and oxygen atoms in total. The summed E-state index contributed by atoms with van der Waals surface area (Å²) in [5, 5.41) is 32.0. The van der Waals surface area contributed by atoms with Gasteiger partial charge in [0.25, 0.3) is 0 Å². The van der Waals surface area contributed by atoms with Gasteiger partial charge in [-0.3, -0.25) is 0 Å². The van der Waals surface area contributed by atoms with Crippen LogP contribution in [0.3, 0.4) is 0 Å². The summed E-state index contributed by atoms with van der Waals surface area (Å²) in [6.45, 7) is 8.17. The van der Waals surface area contributed by atoms with Gasteiger partial charge in [-0.1, -0.05) is 18.6 Å². The number of hydrogen-bond donors (Lipinski definition) is 3. The van der Waals surface area contributed by atoms with E-state index in [1.165, 1.54) is 5.57 Å². The van der Waals surface area contributed by atoms with Crippen LogP contribution in [0.5, 0.6) is 0 Å². The van der Waals surface area contributed by atoms with Gasteiger partial charge in [-0.05, 0) is 70.6 Å². The molecule has 8 atom stereocenters. The Morgan fingerprint density at radius 2 is 1.96 bits per heavy atom. The Bertz CT molecular complexity index is 496. The molecule has 0 aromatic carbocycles. The minimum atomic E-state index is -0.903. The smallest absolute Gasteiger partial charge is 0.0898 e. The van der Waals surface area contributed by atoms with E-state index in [4.69, 9.17) is 4.74 Å². The molecule has 138 valence electrons. The van der Waals surface area contributed by atoms with Gasteiger partial charge in [0.05, 0.1) is 23.4 Å². The second kappa shape index (κ2) is 6.39. The maximum absolute atomic E-state index is 11.2. The van der Waals surface area contributed by atoms with Gasteiger partial charge in [-0.25, -0.2) is 0 Å². The molecule has 1 unspecified atom stereocenters. The second-order valence-corrected chi connectivity index (χ2v) is 9.07. The summed E-state index contributed by atoms with van der Waals surface area (Å²) in [4.78, 5) is 0. The predicted molar refractivity (Wildman–Crippen MR) is 93.5 cm³/mol. The number of aliphatic hydroxyl groups excluding tert-OH is 1. The Kier molecular flexibility index (Phi) is 4.89. The average Bonchev–Trinajstić information content (AvgIpc) is 2.89. The van der Waals surface area contributed by atoms with E-state index in [-0.39, 0.29) is 42.5 Å². The molecule has 0 radical (unpaired) electrons. The Balaban J connectivity index is 2.04. The van der Waals surface area contributed by atoms with E-state index in [1.54, 1.807) is 0 Å². The Labute approximate surface area is 145 Å². The van der Waals surface area contributed by atoms with Crippen molar-refractivity contribution in [1.82, 2.24) is 0 Å². The summed E-state index contributed by atoms with van der Waals surface area (Å²) in [5.74, 6) is 0.559. The van der Waals surface area contributed by atoms with Crippen molar-refractivity contribution in [3.8, 4) is 0 Å². The molecule has 2 fully saturated rings. The average molecular weight is 338 g/mol. The zero-order chi connectivity index (χ0) is 17.7. The van der Waals surface area contributed by atoms with E-state index in [0.717, 1.165) is 25.7 Å². The summed E-state index contributed by atoms with van der Waals surface area (Å²) in [6.07, 6.45) is 5.87. The fraction of sp³-hybridized carbons (Fsp3) is 0.900. The van der Waals surface area contributed by atoms with Gasteiger partial charge in [0.15, 0.2) is 0 Å². The van der Waals surface area contributed by atoms with Crippen LogP contribution in [0.4, 0.5) is 0 Å².